The van der Waals surface area contributed by atoms with Gasteiger partial charge in [0.1, 0.15) is 0 Å². The molecular formula is C12H25NO2. The summed E-state index contributed by atoms with van der Waals surface area (Å²) < 4.78 is 5.11. The number of carbonyl (C=O) groups excluding carboxylic acids is 1. The van der Waals surface area contributed by atoms with Gasteiger partial charge in [-0.2, -0.15) is 0 Å². The topological polar surface area (TPSA) is 38.3 Å². The van der Waals surface area contributed by atoms with Crippen LogP contribution < -0.4 is 5.32 Å². The van der Waals surface area contributed by atoms with Crippen LogP contribution in [0.5, 0.6) is 0 Å². The molecule has 0 bridgehead atoms. The van der Waals surface area contributed by atoms with Gasteiger partial charge in [-0.05, 0) is 33.6 Å². The van der Waals surface area contributed by atoms with E-state index in [1.165, 1.54) is 0 Å². The number of carbonyl (C=O) groups is 1. The summed E-state index contributed by atoms with van der Waals surface area (Å²) in [6.07, 6.45) is 0.435. The second-order valence-corrected chi connectivity index (χ2v) is 5.58. The fraction of sp³-hybridized carbons (Fsp3) is 0.917. The third kappa shape index (κ3) is 9.73. The Balaban J connectivity index is 3.77. The zero-order chi connectivity index (χ0) is 12.1. The quantitative estimate of drug-likeness (QED) is 0.715. The maximum Gasteiger partial charge on any atom is 0.307 e. The Bertz CT molecular complexity index is 194. The normalized spacial score (nSPS) is 14.1. The Kier molecular flexibility index (Phi) is 5.88. The van der Waals surface area contributed by atoms with E-state index in [4.69, 9.17) is 4.74 Å². The maximum absolute atomic E-state index is 11.4. The van der Waals surface area contributed by atoms with Gasteiger partial charge in [-0.15, -0.1) is 0 Å². The third-order valence-electron chi connectivity index (χ3n) is 1.73. The van der Waals surface area contributed by atoms with Crippen molar-refractivity contribution >= 4 is 5.97 Å². The van der Waals surface area contributed by atoms with Crippen LogP contribution in [0.2, 0.25) is 0 Å². The Morgan fingerprint density at radius 3 is 2.20 bits per heavy atom. The maximum atomic E-state index is 11.4. The van der Waals surface area contributed by atoms with E-state index in [9.17, 15) is 4.79 Å². The molecule has 15 heavy (non-hydrogen) atoms. The minimum absolute atomic E-state index is 0.0394. The molecular weight excluding hydrogens is 190 g/mol. The average molecular weight is 215 g/mol. The van der Waals surface area contributed by atoms with Gasteiger partial charge in [-0.25, -0.2) is 0 Å². The molecule has 0 aromatic carbocycles. The van der Waals surface area contributed by atoms with Gasteiger partial charge in [-0.3, -0.25) is 4.79 Å². The predicted octanol–water partition coefficient (Wildman–Crippen LogP) is 2.35. The molecule has 0 radical (unpaired) electrons. The molecule has 0 amide bonds. The van der Waals surface area contributed by atoms with E-state index in [-0.39, 0.29) is 17.6 Å². The summed E-state index contributed by atoms with van der Waals surface area (Å²) in [6.45, 7) is 12.8. The number of ether oxygens (including phenoxy) is 1. The van der Waals surface area contributed by atoms with Crippen LogP contribution in [0.3, 0.4) is 0 Å². The molecule has 3 nitrogen and oxygen atoms in total. The van der Waals surface area contributed by atoms with Crippen molar-refractivity contribution in [3.8, 4) is 0 Å². The molecule has 1 N–H and O–H groups in total. The average Bonchev–Trinajstić information content (AvgIpc) is 1.96. The van der Waals surface area contributed by atoms with Crippen LogP contribution in [0.15, 0.2) is 0 Å². The summed E-state index contributed by atoms with van der Waals surface area (Å²) in [5, 5.41) is 3.34. The van der Waals surface area contributed by atoms with E-state index < -0.39 is 0 Å². The van der Waals surface area contributed by atoms with Crippen LogP contribution in [0.1, 0.15) is 48.0 Å². The highest BCUT2D eigenvalue weighted by atomic mass is 16.5. The minimum atomic E-state index is -0.118. The highest BCUT2D eigenvalue weighted by molar-refractivity contribution is 5.70. The largest absolute Gasteiger partial charge is 0.465 e. The van der Waals surface area contributed by atoms with Crippen LogP contribution in [0.25, 0.3) is 0 Å². The lowest BCUT2D eigenvalue weighted by Gasteiger charge is -2.25. The van der Waals surface area contributed by atoms with Gasteiger partial charge in [0.05, 0.1) is 13.0 Å². The highest BCUT2D eigenvalue weighted by Crippen LogP contribution is 2.04. The molecule has 1 unspecified atom stereocenters. The van der Waals surface area contributed by atoms with Gasteiger partial charge in [0.15, 0.2) is 0 Å². The zero-order valence-corrected chi connectivity index (χ0v) is 10.9. The van der Waals surface area contributed by atoms with Crippen molar-refractivity contribution in [3.63, 3.8) is 0 Å². The second-order valence-electron chi connectivity index (χ2n) is 5.58. The van der Waals surface area contributed by atoms with E-state index in [1.807, 2.05) is 20.8 Å². The summed E-state index contributed by atoms with van der Waals surface area (Å²) in [4.78, 5) is 11.4. The van der Waals surface area contributed by atoms with E-state index >= 15 is 0 Å². The molecule has 0 aliphatic heterocycles. The minimum Gasteiger partial charge on any atom is -0.465 e. The van der Waals surface area contributed by atoms with Gasteiger partial charge < -0.3 is 10.1 Å². The number of nitrogens with one attached hydrogen (secondary N) is 1. The van der Waals surface area contributed by atoms with E-state index in [1.54, 1.807) is 0 Å². The SMILES string of the molecule is CC(C)COC(=O)CC(C)NC(C)(C)C. The second kappa shape index (κ2) is 6.11. The van der Waals surface area contributed by atoms with Crippen molar-refractivity contribution in [2.24, 2.45) is 5.92 Å². The van der Waals surface area contributed by atoms with E-state index in [0.29, 0.717) is 18.9 Å². The molecule has 0 fully saturated rings. The van der Waals surface area contributed by atoms with Crippen LogP contribution >= 0.6 is 0 Å². The molecule has 0 rings (SSSR count). The fourth-order valence-corrected chi connectivity index (χ4v) is 1.36. The standard InChI is InChI=1S/C12H25NO2/c1-9(2)8-15-11(14)7-10(3)13-12(4,5)6/h9-10,13H,7-8H2,1-6H3. The van der Waals surface area contributed by atoms with Crippen molar-refractivity contribution < 1.29 is 9.53 Å². The lowest BCUT2D eigenvalue weighted by Crippen LogP contribution is -2.43. The first kappa shape index (κ1) is 14.4. The molecule has 1 atom stereocenters. The monoisotopic (exact) mass is 215 g/mol. The molecule has 0 spiro atoms. The summed E-state index contributed by atoms with van der Waals surface area (Å²) in [7, 11) is 0. The molecule has 0 saturated heterocycles. The first-order chi connectivity index (χ1) is 6.70. The lowest BCUT2D eigenvalue weighted by molar-refractivity contribution is -0.145. The van der Waals surface area contributed by atoms with Crippen molar-refractivity contribution in [1.29, 1.82) is 0 Å². The highest BCUT2D eigenvalue weighted by Gasteiger charge is 2.16. The molecule has 0 aliphatic rings. The van der Waals surface area contributed by atoms with Crippen LogP contribution in [-0.2, 0) is 9.53 Å². The summed E-state index contributed by atoms with van der Waals surface area (Å²) in [6, 6.07) is 0.157. The molecule has 0 heterocycles. The van der Waals surface area contributed by atoms with Crippen molar-refractivity contribution in [3.05, 3.63) is 0 Å². The Hall–Kier alpha value is -0.570. The zero-order valence-electron chi connectivity index (χ0n) is 10.9. The summed E-state index contributed by atoms with van der Waals surface area (Å²) in [5.74, 6) is 0.285. The number of hydrogen-bond acceptors (Lipinski definition) is 3. The first-order valence-corrected chi connectivity index (χ1v) is 5.64. The Morgan fingerprint density at radius 1 is 1.27 bits per heavy atom. The number of hydrogen-bond donors (Lipinski definition) is 1. The van der Waals surface area contributed by atoms with E-state index in [2.05, 4.69) is 26.1 Å². The Morgan fingerprint density at radius 2 is 1.80 bits per heavy atom. The van der Waals surface area contributed by atoms with Crippen molar-refractivity contribution in [2.75, 3.05) is 6.61 Å². The molecule has 0 aromatic rings. The van der Waals surface area contributed by atoms with Gasteiger partial charge in [0, 0.05) is 11.6 Å². The Labute approximate surface area is 93.6 Å². The molecule has 3 heteroatoms. The fourth-order valence-electron chi connectivity index (χ4n) is 1.36. The number of esters is 1. The van der Waals surface area contributed by atoms with Crippen LogP contribution in [-0.4, -0.2) is 24.2 Å². The lowest BCUT2D eigenvalue weighted by atomic mass is 10.1. The van der Waals surface area contributed by atoms with Crippen molar-refractivity contribution in [2.45, 2.75) is 59.5 Å². The van der Waals surface area contributed by atoms with E-state index in [0.717, 1.165) is 0 Å². The van der Waals surface area contributed by atoms with Gasteiger partial charge in [0.25, 0.3) is 0 Å². The number of rotatable bonds is 5. The third-order valence-corrected chi connectivity index (χ3v) is 1.73. The van der Waals surface area contributed by atoms with Crippen LogP contribution in [0.4, 0.5) is 0 Å². The van der Waals surface area contributed by atoms with Crippen LogP contribution in [0, 0.1) is 5.92 Å². The molecule has 0 aromatic heterocycles. The molecule has 0 aliphatic carbocycles. The smallest absolute Gasteiger partial charge is 0.307 e. The van der Waals surface area contributed by atoms with Gasteiger partial charge >= 0.3 is 5.97 Å². The predicted molar refractivity (Wildman–Crippen MR) is 62.8 cm³/mol. The van der Waals surface area contributed by atoms with Crippen molar-refractivity contribution in [1.82, 2.24) is 5.32 Å². The van der Waals surface area contributed by atoms with Gasteiger partial charge in [0.2, 0.25) is 0 Å². The molecule has 90 valence electrons. The summed E-state index contributed by atoms with van der Waals surface area (Å²) >= 11 is 0. The summed E-state index contributed by atoms with van der Waals surface area (Å²) in [5.41, 5.74) is 0.0394. The van der Waals surface area contributed by atoms with Gasteiger partial charge in [-0.1, -0.05) is 13.8 Å². The molecule has 0 saturated carbocycles. The first-order valence-electron chi connectivity index (χ1n) is 5.64.